The van der Waals surface area contributed by atoms with Gasteiger partial charge in [0.25, 0.3) is 0 Å². The number of nitrogens with one attached hydrogen (secondary N) is 1. The molecule has 0 saturated carbocycles. The summed E-state index contributed by atoms with van der Waals surface area (Å²) in [5.41, 5.74) is 0.217. The second-order valence-electron chi connectivity index (χ2n) is 4.92. The smallest absolute Gasteiger partial charge is 0.292 e. The van der Waals surface area contributed by atoms with Crippen molar-refractivity contribution < 1.29 is 0 Å². The monoisotopic (exact) mass is 251 g/mol. The van der Waals surface area contributed by atoms with Gasteiger partial charge in [0, 0.05) is 10.4 Å². The van der Waals surface area contributed by atoms with Crippen LogP contribution in [0.15, 0.2) is 29.1 Å². The summed E-state index contributed by atoms with van der Waals surface area (Å²) in [5.74, 6) is 0.655. The van der Waals surface area contributed by atoms with Crippen LogP contribution in [0.25, 0.3) is 5.69 Å². The van der Waals surface area contributed by atoms with Crippen molar-refractivity contribution in [3.05, 3.63) is 45.6 Å². The van der Waals surface area contributed by atoms with Crippen LogP contribution in [0.5, 0.6) is 0 Å². The normalized spacial score (nSPS) is 11.8. The maximum Gasteiger partial charge on any atom is 0.348 e. The van der Waals surface area contributed by atoms with Gasteiger partial charge in [0.1, 0.15) is 5.82 Å². The first-order valence-electron chi connectivity index (χ1n) is 5.34. The van der Waals surface area contributed by atoms with E-state index in [4.69, 9.17) is 11.6 Å². The maximum atomic E-state index is 11.8. The molecule has 4 nitrogen and oxygen atoms in total. The molecule has 0 atom stereocenters. The van der Waals surface area contributed by atoms with E-state index in [9.17, 15) is 4.79 Å². The minimum absolute atomic E-state index is 0.191. The summed E-state index contributed by atoms with van der Waals surface area (Å²) in [5, 5.41) is 4.86. The van der Waals surface area contributed by atoms with E-state index >= 15 is 0 Å². The third-order valence-corrected chi connectivity index (χ3v) is 2.62. The molecule has 2 rings (SSSR count). The van der Waals surface area contributed by atoms with Crippen molar-refractivity contribution in [1.82, 2.24) is 14.8 Å². The zero-order valence-electron chi connectivity index (χ0n) is 9.99. The van der Waals surface area contributed by atoms with Gasteiger partial charge in [-0.3, -0.25) is 4.98 Å². The Kier molecular flexibility index (Phi) is 2.83. The van der Waals surface area contributed by atoms with Gasteiger partial charge in [-0.15, -0.1) is 5.10 Å². The van der Waals surface area contributed by atoms with Crippen LogP contribution >= 0.6 is 11.6 Å². The lowest BCUT2D eigenvalue weighted by atomic mass is 9.96. The Bertz CT molecular complexity index is 592. The first kappa shape index (κ1) is 11.9. The van der Waals surface area contributed by atoms with E-state index < -0.39 is 0 Å². The van der Waals surface area contributed by atoms with E-state index in [0.717, 1.165) is 0 Å². The molecule has 90 valence electrons. The van der Waals surface area contributed by atoms with E-state index in [1.165, 1.54) is 4.68 Å². The lowest BCUT2D eigenvalue weighted by Crippen LogP contribution is -2.16. The van der Waals surface area contributed by atoms with Crippen molar-refractivity contribution in [2.75, 3.05) is 0 Å². The first-order valence-corrected chi connectivity index (χ1v) is 5.71. The Morgan fingerprint density at radius 3 is 2.59 bits per heavy atom. The topological polar surface area (TPSA) is 50.7 Å². The predicted molar refractivity (Wildman–Crippen MR) is 67.9 cm³/mol. The van der Waals surface area contributed by atoms with Gasteiger partial charge >= 0.3 is 5.69 Å². The molecule has 0 unspecified atom stereocenters. The van der Waals surface area contributed by atoms with Crippen LogP contribution in [-0.2, 0) is 5.41 Å². The van der Waals surface area contributed by atoms with Crippen LogP contribution < -0.4 is 5.69 Å². The highest BCUT2D eigenvalue weighted by atomic mass is 35.5. The molecule has 0 fully saturated rings. The van der Waals surface area contributed by atoms with Crippen molar-refractivity contribution in [2.45, 2.75) is 26.2 Å². The van der Waals surface area contributed by atoms with Gasteiger partial charge in [0.15, 0.2) is 0 Å². The van der Waals surface area contributed by atoms with Gasteiger partial charge < -0.3 is 0 Å². The van der Waals surface area contributed by atoms with Crippen molar-refractivity contribution in [1.29, 1.82) is 0 Å². The SMILES string of the molecule is CC(C)(C)c1nn(-c2cccc(Cl)c2)c(=O)[nH]1. The second-order valence-corrected chi connectivity index (χ2v) is 5.36. The molecule has 17 heavy (non-hydrogen) atoms. The molecule has 1 aromatic carbocycles. The molecule has 1 N–H and O–H groups in total. The standard InChI is InChI=1S/C12H14ClN3O/c1-12(2,3)10-14-11(17)16(15-10)9-6-4-5-8(13)7-9/h4-7H,1-3H3,(H,14,15,17). The predicted octanol–water partition coefficient (Wildman–Crippen LogP) is 2.51. The molecule has 0 bridgehead atoms. The summed E-state index contributed by atoms with van der Waals surface area (Å²) in [6.07, 6.45) is 0. The van der Waals surface area contributed by atoms with E-state index in [0.29, 0.717) is 16.5 Å². The van der Waals surface area contributed by atoms with Crippen LogP contribution in [0, 0.1) is 0 Å². The van der Waals surface area contributed by atoms with Crippen LogP contribution in [0.4, 0.5) is 0 Å². The number of hydrogen-bond acceptors (Lipinski definition) is 2. The summed E-state index contributed by atoms with van der Waals surface area (Å²) in [4.78, 5) is 14.6. The van der Waals surface area contributed by atoms with Crippen molar-refractivity contribution in [2.24, 2.45) is 0 Å². The maximum absolute atomic E-state index is 11.8. The molecule has 2 aromatic rings. The fraction of sp³-hybridized carbons (Fsp3) is 0.333. The Morgan fingerprint density at radius 2 is 2.06 bits per heavy atom. The molecular weight excluding hydrogens is 238 g/mol. The largest absolute Gasteiger partial charge is 0.348 e. The summed E-state index contributed by atoms with van der Waals surface area (Å²) >= 11 is 5.89. The molecule has 1 heterocycles. The number of hydrogen-bond donors (Lipinski definition) is 1. The molecule has 0 radical (unpaired) electrons. The minimum Gasteiger partial charge on any atom is -0.292 e. The van der Waals surface area contributed by atoms with E-state index in [1.54, 1.807) is 24.3 Å². The second kappa shape index (κ2) is 4.04. The number of halogens is 1. The summed E-state index contributed by atoms with van der Waals surface area (Å²) in [6, 6.07) is 7.04. The average molecular weight is 252 g/mol. The molecule has 1 aromatic heterocycles. The third kappa shape index (κ3) is 2.42. The number of aromatic amines is 1. The van der Waals surface area contributed by atoms with E-state index in [1.807, 2.05) is 20.8 Å². The Hall–Kier alpha value is -1.55. The van der Waals surface area contributed by atoms with Gasteiger partial charge in [-0.2, -0.15) is 4.68 Å². The number of H-pyrrole nitrogens is 1. The minimum atomic E-state index is -0.253. The molecule has 0 aliphatic carbocycles. The third-order valence-electron chi connectivity index (χ3n) is 2.38. The Balaban J connectivity index is 2.54. The Labute approximate surface area is 104 Å². The highest BCUT2D eigenvalue weighted by Gasteiger charge is 2.20. The molecular formula is C12H14ClN3O. The molecule has 5 heteroatoms. The van der Waals surface area contributed by atoms with Gasteiger partial charge in [-0.25, -0.2) is 4.79 Å². The quantitative estimate of drug-likeness (QED) is 0.847. The van der Waals surface area contributed by atoms with Crippen molar-refractivity contribution >= 4 is 11.6 Å². The van der Waals surface area contributed by atoms with Crippen molar-refractivity contribution in [3.63, 3.8) is 0 Å². The molecule has 0 saturated heterocycles. The van der Waals surface area contributed by atoms with Crippen LogP contribution in [-0.4, -0.2) is 14.8 Å². The highest BCUT2D eigenvalue weighted by Crippen LogP contribution is 2.18. The summed E-state index contributed by atoms with van der Waals surface area (Å²) in [6.45, 7) is 5.98. The van der Waals surface area contributed by atoms with Crippen LogP contribution in [0.1, 0.15) is 26.6 Å². The Morgan fingerprint density at radius 1 is 1.35 bits per heavy atom. The van der Waals surface area contributed by atoms with Gasteiger partial charge in [0.2, 0.25) is 0 Å². The zero-order valence-corrected chi connectivity index (χ0v) is 10.7. The fourth-order valence-corrected chi connectivity index (χ4v) is 1.63. The van der Waals surface area contributed by atoms with Crippen molar-refractivity contribution in [3.8, 4) is 5.69 Å². The van der Waals surface area contributed by atoms with Gasteiger partial charge in [0.05, 0.1) is 5.69 Å². The number of benzene rings is 1. The molecule has 0 aliphatic heterocycles. The summed E-state index contributed by atoms with van der Waals surface area (Å²) in [7, 11) is 0. The van der Waals surface area contributed by atoms with E-state index in [2.05, 4.69) is 10.1 Å². The fourth-order valence-electron chi connectivity index (χ4n) is 1.45. The summed E-state index contributed by atoms with van der Waals surface area (Å²) < 4.78 is 1.33. The first-order chi connectivity index (χ1) is 7.88. The van der Waals surface area contributed by atoms with Crippen LogP contribution in [0.2, 0.25) is 5.02 Å². The lowest BCUT2D eigenvalue weighted by Gasteiger charge is -2.12. The number of nitrogens with zero attached hydrogens (tertiary/aromatic N) is 2. The molecule has 0 aliphatic rings. The van der Waals surface area contributed by atoms with E-state index in [-0.39, 0.29) is 11.1 Å². The average Bonchev–Trinajstić information content (AvgIpc) is 2.60. The van der Waals surface area contributed by atoms with Crippen LogP contribution in [0.3, 0.4) is 0 Å². The highest BCUT2D eigenvalue weighted by molar-refractivity contribution is 6.30. The van der Waals surface area contributed by atoms with Gasteiger partial charge in [-0.1, -0.05) is 38.4 Å². The lowest BCUT2D eigenvalue weighted by molar-refractivity contribution is 0.543. The number of rotatable bonds is 1. The zero-order chi connectivity index (χ0) is 12.6. The van der Waals surface area contributed by atoms with Gasteiger partial charge in [-0.05, 0) is 18.2 Å². The number of aromatic nitrogens is 3. The molecule has 0 amide bonds. The molecule has 0 spiro atoms.